The minimum atomic E-state index is -0.579. The molecule has 0 radical (unpaired) electrons. The van der Waals surface area contributed by atoms with Crippen LogP contribution in [-0.4, -0.2) is 34.6 Å². The number of rotatable bonds is 2. The molecule has 1 amide bonds. The number of terminal acetylenes is 1. The van der Waals surface area contributed by atoms with Crippen LogP contribution in [0.2, 0.25) is 0 Å². The maximum absolute atomic E-state index is 11.2. The summed E-state index contributed by atoms with van der Waals surface area (Å²) in [5.41, 5.74) is -0.579. The molecule has 1 saturated heterocycles. The molecule has 1 N–H and O–H groups in total. The number of hydrogen-bond acceptors (Lipinski definition) is 2. The molecule has 1 saturated carbocycles. The second-order valence-electron chi connectivity index (χ2n) is 4.01. The molecule has 0 unspecified atom stereocenters. The van der Waals surface area contributed by atoms with Crippen LogP contribution in [0.3, 0.4) is 0 Å². The summed E-state index contributed by atoms with van der Waals surface area (Å²) in [6.07, 6.45) is 7.39. The Labute approximate surface area is 77.7 Å². The van der Waals surface area contributed by atoms with Crippen LogP contribution in [0.25, 0.3) is 0 Å². The Balaban J connectivity index is 1.83. The first kappa shape index (κ1) is 8.58. The fourth-order valence-corrected chi connectivity index (χ4v) is 1.87. The van der Waals surface area contributed by atoms with Crippen molar-refractivity contribution in [2.24, 2.45) is 5.92 Å². The first-order valence-corrected chi connectivity index (χ1v) is 4.59. The SMILES string of the molecule is C#CCC(=O)N1CC(O)(C2CC2)C1. The molecule has 1 aliphatic carbocycles. The Morgan fingerprint density at radius 2 is 2.23 bits per heavy atom. The summed E-state index contributed by atoms with van der Waals surface area (Å²) in [4.78, 5) is 12.9. The van der Waals surface area contributed by atoms with Gasteiger partial charge in [0.1, 0.15) is 5.60 Å². The molecule has 0 aromatic heterocycles. The maximum atomic E-state index is 11.2. The van der Waals surface area contributed by atoms with Gasteiger partial charge >= 0.3 is 0 Å². The molecule has 13 heavy (non-hydrogen) atoms. The van der Waals surface area contributed by atoms with Gasteiger partial charge < -0.3 is 10.0 Å². The van der Waals surface area contributed by atoms with E-state index in [1.807, 2.05) is 0 Å². The molecule has 3 heteroatoms. The van der Waals surface area contributed by atoms with E-state index in [1.165, 1.54) is 0 Å². The summed E-state index contributed by atoms with van der Waals surface area (Å²) in [5, 5.41) is 9.89. The van der Waals surface area contributed by atoms with Crippen molar-refractivity contribution < 1.29 is 9.90 Å². The number of carbonyl (C=O) groups is 1. The van der Waals surface area contributed by atoms with Gasteiger partial charge in [0, 0.05) is 0 Å². The fraction of sp³-hybridized carbons (Fsp3) is 0.700. The normalized spacial score (nSPS) is 24.8. The van der Waals surface area contributed by atoms with Crippen LogP contribution in [0.4, 0.5) is 0 Å². The summed E-state index contributed by atoms with van der Waals surface area (Å²) in [6, 6.07) is 0. The monoisotopic (exact) mass is 179 g/mol. The molecular weight excluding hydrogens is 166 g/mol. The number of aliphatic hydroxyl groups is 1. The van der Waals surface area contributed by atoms with Crippen molar-refractivity contribution in [2.45, 2.75) is 24.9 Å². The standard InChI is InChI=1S/C10H13NO2/c1-2-3-9(12)11-6-10(13,7-11)8-4-5-8/h1,8,13H,3-7H2. The molecule has 0 atom stereocenters. The predicted molar refractivity (Wildman–Crippen MR) is 47.7 cm³/mol. The molecular formula is C10H13NO2. The first-order valence-electron chi connectivity index (χ1n) is 4.59. The maximum Gasteiger partial charge on any atom is 0.234 e. The van der Waals surface area contributed by atoms with E-state index in [2.05, 4.69) is 5.92 Å². The Bertz CT molecular complexity index is 269. The zero-order chi connectivity index (χ0) is 9.47. The quantitative estimate of drug-likeness (QED) is 0.606. The highest BCUT2D eigenvalue weighted by Gasteiger charge is 2.52. The van der Waals surface area contributed by atoms with Crippen molar-refractivity contribution in [3.8, 4) is 12.3 Å². The van der Waals surface area contributed by atoms with Crippen LogP contribution in [0.5, 0.6) is 0 Å². The van der Waals surface area contributed by atoms with Crippen LogP contribution in [-0.2, 0) is 4.79 Å². The van der Waals surface area contributed by atoms with Gasteiger partial charge in [-0.15, -0.1) is 6.42 Å². The lowest BCUT2D eigenvalue weighted by Gasteiger charge is -2.46. The van der Waals surface area contributed by atoms with Gasteiger partial charge in [-0.2, -0.15) is 0 Å². The van der Waals surface area contributed by atoms with Gasteiger partial charge in [0.25, 0.3) is 0 Å². The minimum absolute atomic E-state index is 0.0344. The van der Waals surface area contributed by atoms with E-state index in [1.54, 1.807) is 4.90 Å². The van der Waals surface area contributed by atoms with E-state index in [4.69, 9.17) is 6.42 Å². The largest absolute Gasteiger partial charge is 0.386 e. The van der Waals surface area contributed by atoms with Gasteiger partial charge in [0.2, 0.25) is 5.91 Å². The number of nitrogens with zero attached hydrogens (tertiary/aromatic N) is 1. The predicted octanol–water partition coefficient (Wildman–Crippen LogP) is -0.00700. The molecule has 1 aliphatic heterocycles. The van der Waals surface area contributed by atoms with E-state index in [0.29, 0.717) is 19.0 Å². The zero-order valence-corrected chi connectivity index (χ0v) is 7.49. The van der Waals surface area contributed by atoms with Crippen molar-refractivity contribution in [1.29, 1.82) is 0 Å². The summed E-state index contributed by atoms with van der Waals surface area (Å²) in [6.45, 7) is 0.969. The number of likely N-dealkylation sites (tertiary alicyclic amines) is 1. The number of amides is 1. The second-order valence-corrected chi connectivity index (χ2v) is 4.01. The van der Waals surface area contributed by atoms with E-state index in [9.17, 15) is 9.90 Å². The Kier molecular flexibility index (Phi) is 1.81. The third-order valence-electron chi connectivity index (χ3n) is 2.87. The summed E-state index contributed by atoms with van der Waals surface area (Å²) >= 11 is 0. The molecule has 3 nitrogen and oxygen atoms in total. The summed E-state index contributed by atoms with van der Waals surface area (Å²) in [7, 11) is 0. The van der Waals surface area contributed by atoms with Gasteiger partial charge in [0.05, 0.1) is 19.5 Å². The Hall–Kier alpha value is -1.01. The van der Waals surface area contributed by atoms with Crippen molar-refractivity contribution >= 4 is 5.91 Å². The molecule has 2 aliphatic rings. The molecule has 2 fully saturated rings. The number of β-amino-alcohol motifs (C(OH)–C–C–N with tert-alkyl or cyclic N) is 1. The van der Waals surface area contributed by atoms with Crippen LogP contribution in [0.15, 0.2) is 0 Å². The molecule has 70 valence electrons. The van der Waals surface area contributed by atoms with Crippen LogP contribution in [0.1, 0.15) is 19.3 Å². The van der Waals surface area contributed by atoms with Gasteiger partial charge in [-0.05, 0) is 18.8 Å². The first-order chi connectivity index (χ1) is 6.15. The van der Waals surface area contributed by atoms with E-state index < -0.39 is 5.60 Å². The van der Waals surface area contributed by atoms with Crippen LogP contribution >= 0.6 is 0 Å². The van der Waals surface area contributed by atoms with Crippen molar-refractivity contribution in [3.05, 3.63) is 0 Å². The van der Waals surface area contributed by atoms with E-state index >= 15 is 0 Å². The minimum Gasteiger partial charge on any atom is -0.386 e. The summed E-state index contributed by atoms with van der Waals surface area (Å²) in [5.74, 6) is 2.71. The highest BCUT2D eigenvalue weighted by atomic mass is 16.3. The smallest absolute Gasteiger partial charge is 0.234 e. The molecule has 0 spiro atoms. The lowest BCUT2D eigenvalue weighted by atomic mass is 9.88. The third kappa shape index (κ3) is 1.42. The van der Waals surface area contributed by atoms with E-state index in [0.717, 1.165) is 12.8 Å². The average Bonchev–Trinajstić information content (AvgIpc) is 2.81. The lowest BCUT2D eigenvalue weighted by molar-refractivity contribution is -0.158. The van der Waals surface area contributed by atoms with E-state index in [-0.39, 0.29) is 12.3 Å². The molecule has 1 heterocycles. The van der Waals surface area contributed by atoms with Gasteiger partial charge in [-0.3, -0.25) is 4.79 Å². The van der Waals surface area contributed by atoms with Crippen molar-refractivity contribution in [3.63, 3.8) is 0 Å². The van der Waals surface area contributed by atoms with Gasteiger partial charge in [0.15, 0.2) is 0 Å². The molecule has 2 rings (SSSR count). The average molecular weight is 179 g/mol. The zero-order valence-electron chi connectivity index (χ0n) is 7.49. The molecule has 0 bridgehead atoms. The number of hydrogen-bond donors (Lipinski definition) is 1. The topological polar surface area (TPSA) is 40.5 Å². The highest BCUT2D eigenvalue weighted by molar-refractivity contribution is 5.79. The van der Waals surface area contributed by atoms with Crippen molar-refractivity contribution in [1.82, 2.24) is 4.90 Å². The van der Waals surface area contributed by atoms with Crippen molar-refractivity contribution in [2.75, 3.05) is 13.1 Å². The Morgan fingerprint density at radius 1 is 1.62 bits per heavy atom. The van der Waals surface area contributed by atoms with Crippen LogP contribution < -0.4 is 0 Å². The van der Waals surface area contributed by atoms with Crippen LogP contribution in [0, 0.1) is 18.3 Å². The number of carbonyl (C=O) groups excluding carboxylic acids is 1. The molecule has 0 aromatic carbocycles. The highest BCUT2D eigenvalue weighted by Crippen LogP contribution is 2.44. The Morgan fingerprint density at radius 3 is 2.69 bits per heavy atom. The lowest BCUT2D eigenvalue weighted by Crippen LogP contribution is -2.64. The second kappa shape index (κ2) is 2.74. The summed E-state index contributed by atoms with van der Waals surface area (Å²) < 4.78 is 0. The molecule has 0 aromatic rings. The van der Waals surface area contributed by atoms with Gasteiger partial charge in [-0.25, -0.2) is 0 Å². The third-order valence-corrected chi connectivity index (χ3v) is 2.87. The fourth-order valence-electron chi connectivity index (χ4n) is 1.87. The van der Waals surface area contributed by atoms with Gasteiger partial charge in [-0.1, -0.05) is 5.92 Å².